The molecule has 6 rings (SSSR count). The number of nitrogens with zero attached hydrogens (tertiary/aromatic N) is 4. The summed E-state index contributed by atoms with van der Waals surface area (Å²) >= 11 is 0. The van der Waals surface area contributed by atoms with Crippen LogP contribution in [0.4, 0.5) is 10.6 Å². The molecule has 4 aromatic rings. The Morgan fingerprint density at radius 1 is 1.23 bits per heavy atom. The first-order valence-corrected chi connectivity index (χ1v) is 10.3. The number of nitrogens with one attached hydrogen (secondary N) is 2. The highest BCUT2D eigenvalue weighted by Gasteiger charge is 2.28. The van der Waals surface area contributed by atoms with Crippen molar-refractivity contribution < 1.29 is 14.1 Å². The summed E-state index contributed by atoms with van der Waals surface area (Å²) in [6, 6.07) is 8.97. The molecule has 1 aromatic carbocycles. The van der Waals surface area contributed by atoms with Crippen molar-refractivity contribution in [1.29, 1.82) is 0 Å². The van der Waals surface area contributed by atoms with Crippen LogP contribution in [0, 0.1) is 0 Å². The van der Waals surface area contributed by atoms with Gasteiger partial charge in [-0.05, 0) is 50.1 Å². The molecule has 9 nitrogen and oxygen atoms in total. The van der Waals surface area contributed by atoms with E-state index in [-0.39, 0.29) is 6.03 Å². The number of ether oxygens (including phenoxy) is 1. The van der Waals surface area contributed by atoms with Gasteiger partial charge in [0.1, 0.15) is 17.8 Å². The van der Waals surface area contributed by atoms with Crippen molar-refractivity contribution in [2.75, 3.05) is 11.9 Å². The lowest BCUT2D eigenvalue weighted by atomic mass is 10.1. The molecule has 0 spiro atoms. The van der Waals surface area contributed by atoms with Gasteiger partial charge in [-0.3, -0.25) is 9.88 Å². The maximum atomic E-state index is 12.7. The van der Waals surface area contributed by atoms with Crippen LogP contribution >= 0.6 is 0 Å². The highest BCUT2D eigenvalue weighted by Crippen LogP contribution is 2.40. The smallest absolute Gasteiger partial charge is 0.331 e. The van der Waals surface area contributed by atoms with E-state index < -0.39 is 0 Å². The number of hydrogen-bond acceptors (Lipinski definition) is 7. The first-order chi connectivity index (χ1) is 15.2. The van der Waals surface area contributed by atoms with Crippen molar-refractivity contribution in [2.45, 2.75) is 31.7 Å². The summed E-state index contributed by atoms with van der Waals surface area (Å²) in [5.74, 6) is 2.95. The predicted octanol–water partition coefficient (Wildman–Crippen LogP) is 3.81. The number of benzene rings is 1. The Bertz CT molecular complexity index is 1290. The molecule has 0 atom stereocenters. The lowest BCUT2D eigenvalue weighted by Crippen LogP contribution is -2.25. The summed E-state index contributed by atoms with van der Waals surface area (Å²) in [5.41, 5.74) is 2.78. The molecule has 1 aliphatic heterocycles. The van der Waals surface area contributed by atoms with Crippen molar-refractivity contribution in [3.63, 3.8) is 0 Å². The average molecular weight is 416 g/mol. The van der Waals surface area contributed by atoms with Gasteiger partial charge >= 0.3 is 6.03 Å². The van der Waals surface area contributed by atoms with E-state index in [1.54, 1.807) is 16.8 Å². The highest BCUT2D eigenvalue weighted by atomic mass is 16.5. The van der Waals surface area contributed by atoms with Gasteiger partial charge in [0.05, 0.1) is 11.2 Å². The molecule has 1 saturated carbocycles. The SMILES string of the molecule is O=C(Nc1cc(C2CC2)on1)n1ccc2cc(Oc3ncnc4c3CCNC4)ccc21. The first-order valence-electron chi connectivity index (χ1n) is 10.3. The van der Waals surface area contributed by atoms with Gasteiger partial charge < -0.3 is 14.6 Å². The molecule has 1 fully saturated rings. The van der Waals surface area contributed by atoms with E-state index in [4.69, 9.17) is 9.26 Å². The molecule has 9 heteroatoms. The third-order valence-corrected chi connectivity index (χ3v) is 5.68. The van der Waals surface area contributed by atoms with Gasteiger partial charge in [-0.2, -0.15) is 0 Å². The molecule has 31 heavy (non-hydrogen) atoms. The molecule has 0 radical (unpaired) electrons. The minimum atomic E-state index is -0.295. The maximum absolute atomic E-state index is 12.7. The third kappa shape index (κ3) is 3.42. The Morgan fingerprint density at radius 3 is 3.06 bits per heavy atom. The van der Waals surface area contributed by atoms with Crippen LogP contribution in [0.3, 0.4) is 0 Å². The van der Waals surface area contributed by atoms with Gasteiger partial charge in [0, 0.05) is 35.7 Å². The number of anilines is 1. The van der Waals surface area contributed by atoms with Crippen LogP contribution in [0.25, 0.3) is 10.9 Å². The van der Waals surface area contributed by atoms with E-state index in [0.29, 0.717) is 23.4 Å². The Morgan fingerprint density at radius 2 is 2.16 bits per heavy atom. The van der Waals surface area contributed by atoms with Crippen LogP contribution in [0.5, 0.6) is 11.6 Å². The third-order valence-electron chi connectivity index (χ3n) is 5.68. The number of rotatable bonds is 4. The van der Waals surface area contributed by atoms with Gasteiger partial charge in [-0.1, -0.05) is 5.16 Å². The molecule has 156 valence electrons. The molecule has 4 heterocycles. The fourth-order valence-corrected chi connectivity index (χ4v) is 3.89. The molecule has 0 unspecified atom stereocenters. The highest BCUT2D eigenvalue weighted by molar-refractivity contribution is 5.98. The molecule has 0 saturated heterocycles. The zero-order valence-corrected chi connectivity index (χ0v) is 16.7. The van der Waals surface area contributed by atoms with E-state index in [1.165, 1.54) is 6.33 Å². The minimum absolute atomic E-state index is 0.295. The van der Waals surface area contributed by atoms with Crippen molar-refractivity contribution in [2.24, 2.45) is 0 Å². The van der Waals surface area contributed by atoms with Gasteiger partial charge in [-0.15, -0.1) is 0 Å². The predicted molar refractivity (Wildman–Crippen MR) is 112 cm³/mol. The quantitative estimate of drug-likeness (QED) is 0.521. The van der Waals surface area contributed by atoms with E-state index in [9.17, 15) is 4.79 Å². The topological polar surface area (TPSA) is 107 Å². The fraction of sp³-hybridized carbons (Fsp3) is 0.273. The second-order valence-electron chi connectivity index (χ2n) is 7.86. The Hall–Kier alpha value is -3.72. The zero-order chi connectivity index (χ0) is 20.8. The molecule has 1 amide bonds. The fourth-order valence-electron chi connectivity index (χ4n) is 3.89. The number of fused-ring (bicyclic) bond motifs is 2. The lowest BCUT2D eigenvalue weighted by molar-refractivity contribution is 0.254. The van der Waals surface area contributed by atoms with Crippen LogP contribution in [-0.2, 0) is 13.0 Å². The number of carbonyl (C=O) groups is 1. The van der Waals surface area contributed by atoms with Crippen LogP contribution in [0.15, 0.2) is 47.4 Å². The summed E-state index contributed by atoms with van der Waals surface area (Å²) in [6.07, 6.45) is 6.31. The molecule has 3 aromatic heterocycles. The van der Waals surface area contributed by atoms with Crippen molar-refractivity contribution in [3.8, 4) is 11.6 Å². The van der Waals surface area contributed by atoms with E-state index >= 15 is 0 Å². The van der Waals surface area contributed by atoms with Gasteiger partial charge in [0.25, 0.3) is 0 Å². The van der Waals surface area contributed by atoms with Crippen molar-refractivity contribution >= 4 is 22.8 Å². The van der Waals surface area contributed by atoms with E-state index in [0.717, 1.165) is 60.3 Å². The summed E-state index contributed by atoms with van der Waals surface area (Å²) < 4.78 is 12.9. The molecule has 2 aliphatic rings. The molecular weight excluding hydrogens is 396 g/mol. The Labute approximate surface area is 177 Å². The number of carbonyl (C=O) groups excluding carboxylic acids is 1. The largest absolute Gasteiger partial charge is 0.439 e. The standard InChI is InChI=1S/C22H20N6O3/c29-22(26-20-10-19(31-27-20)13-1-2-13)28-8-6-14-9-15(3-4-18(14)28)30-21-16-5-7-23-11-17(16)24-12-25-21/h3-4,6,8-10,12-13,23H,1-2,5,7,11H2,(H,26,27,29). The van der Waals surface area contributed by atoms with Crippen LogP contribution < -0.4 is 15.4 Å². The van der Waals surface area contributed by atoms with Crippen molar-refractivity contribution in [3.05, 3.63) is 59.9 Å². The molecule has 2 N–H and O–H groups in total. The first kappa shape index (κ1) is 18.1. The van der Waals surface area contributed by atoms with E-state index in [1.807, 2.05) is 24.3 Å². The summed E-state index contributed by atoms with van der Waals surface area (Å²) in [4.78, 5) is 21.4. The summed E-state index contributed by atoms with van der Waals surface area (Å²) in [6.45, 7) is 1.60. The molecular formula is C22H20N6O3. The second-order valence-corrected chi connectivity index (χ2v) is 7.86. The van der Waals surface area contributed by atoms with Gasteiger partial charge in [-0.25, -0.2) is 14.8 Å². The Kier molecular flexibility index (Phi) is 4.20. The van der Waals surface area contributed by atoms with Gasteiger partial charge in [0.2, 0.25) is 5.88 Å². The zero-order valence-electron chi connectivity index (χ0n) is 16.7. The maximum Gasteiger partial charge on any atom is 0.331 e. The number of hydrogen-bond donors (Lipinski definition) is 2. The normalized spacial score (nSPS) is 15.6. The van der Waals surface area contributed by atoms with Gasteiger partial charge in [0.15, 0.2) is 5.82 Å². The second kappa shape index (κ2) is 7.21. The Balaban J connectivity index is 1.23. The summed E-state index contributed by atoms with van der Waals surface area (Å²) in [5, 5.41) is 10.9. The van der Waals surface area contributed by atoms with Crippen LogP contribution in [0.2, 0.25) is 0 Å². The number of amides is 1. The minimum Gasteiger partial charge on any atom is -0.439 e. The van der Waals surface area contributed by atoms with Crippen LogP contribution in [-0.4, -0.2) is 32.3 Å². The van der Waals surface area contributed by atoms with Crippen molar-refractivity contribution in [1.82, 2.24) is 25.0 Å². The number of aromatic nitrogens is 4. The summed E-state index contributed by atoms with van der Waals surface area (Å²) in [7, 11) is 0. The lowest BCUT2D eigenvalue weighted by Gasteiger charge is -2.18. The van der Waals surface area contributed by atoms with E-state index in [2.05, 4.69) is 25.8 Å². The average Bonchev–Trinajstić information content (AvgIpc) is 3.39. The molecule has 1 aliphatic carbocycles. The monoisotopic (exact) mass is 416 g/mol. The van der Waals surface area contributed by atoms with Crippen LogP contribution in [0.1, 0.15) is 35.8 Å². The molecule has 0 bridgehead atoms.